The van der Waals surface area contributed by atoms with E-state index in [1.165, 1.54) is 0 Å². The molecule has 2 rings (SSSR count). The van der Waals surface area contributed by atoms with Crippen molar-refractivity contribution in [1.82, 2.24) is 4.90 Å². The van der Waals surface area contributed by atoms with Crippen molar-refractivity contribution in [2.24, 2.45) is 5.73 Å². The molecule has 0 spiro atoms. The van der Waals surface area contributed by atoms with Gasteiger partial charge in [-0.15, -0.1) is 0 Å². The second-order valence-electron chi connectivity index (χ2n) is 5.16. The Morgan fingerprint density at radius 1 is 1.48 bits per heavy atom. The Labute approximate surface area is 120 Å². The van der Waals surface area contributed by atoms with E-state index in [9.17, 15) is 18.0 Å². The lowest BCUT2D eigenvalue weighted by Crippen LogP contribution is -2.31. The molecule has 1 aliphatic heterocycles. The van der Waals surface area contributed by atoms with Crippen LogP contribution in [0.3, 0.4) is 0 Å². The highest BCUT2D eigenvalue weighted by molar-refractivity contribution is 5.95. The van der Waals surface area contributed by atoms with Crippen molar-refractivity contribution in [2.75, 3.05) is 20.2 Å². The average molecular weight is 302 g/mol. The zero-order valence-electron chi connectivity index (χ0n) is 11.6. The molecule has 1 aliphatic rings. The van der Waals surface area contributed by atoms with Crippen LogP contribution in [0.25, 0.3) is 0 Å². The number of amides is 1. The van der Waals surface area contributed by atoms with Crippen LogP contribution in [0.5, 0.6) is 5.75 Å². The summed E-state index contributed by atoms with van der Waals surface area (Å²) < 4.78 is 43.4. The number of likely N-dealkylation sites (N-methyl/N-ethyl adjacent to an activating group) is 1. The van der Waals surface area contributed by atoms with Gasteiger partial charge in [-0.05, 0) is 44.6 Å². The van der Waals surface area contributed by atoms with Crippen molar-refractivity contribution in [3.8, 4) is 5.75 Å². The van der Waals surface area contributed by atoms with Crippen molar-refractivity contribution in [1.29, 1.82) is 0 Å². The zero-order chi connectivity index (χ0) is 15.6. The van der Waals surface area contributed by atoms with Crippen molar-refractivity contribution < 1.29 is 22.7 Å². The van der Waals surface area contributed by atoms with Crippen molar-refractivity contribution >= 4 is 5.91 Å². The molecule has 1 saturated heterocycles. The second-order valence-corrected chi connectivity index (χ2v) is 5.16. The molecule has 2 N–H and O–H groups in total. The molecule has 0 aliphatic carbocycles. The van der Waals surface area contributed by atoms with Gasteiger partial charge in [-0.2, -0.15) is 13.2 Å². The lowest BCUT2D eigenvalue weighted by atomic mass is 10.1. The van der Waals surface area contributed by atoms with E-state index >= 15 is 0 Å². The molecule has 1 atom stereocenters. The largest absolute Gasteiger partial charge is 0.491 e. The number of likely N-dealkylation sites (tertiary alicyclic amines) is 1. The fourth-order valence-electron chi connectivity index (χ4n) is 2.40. The van der Waals surface area contributed by atoms with E-state index in [1.54, 1.807) is 0 Å². The molecule has 0 radical (unpaired) electrons. The highest BCUT2D eigenvalue weighted by Gasteiger charge is 2.32. The number of benzene rings is 1. The van der Waals surface area contributed by atoms with Crippen LogP contribution in [-0.4, -0.2) is 37.0 Å². The topological polar surface area (TPSA) is 55.6 Å². The van der Waals surface area contributed by atoms with Crippen molar-refractivity contribution in [3.63, 3.8) is 0 Å². The summed E-state index contributed by atoms with van der Waals surface area (Å²) in [5, 5.41) is 0. The molecule has 4 nitrogen and oxygen atoms in total. The number of hydrogen-bond acceptors (Lipinski definition) is 3. The van der Waals surface area contributed by atoms with Gasteiger partial charge in [-0.3, -0.25) is 4.79 Å². The van der Waals surface area contributed by atoms with Crippen LogP contribution < -0.4 is 10.5 Å². The van der Waals surface area contributed by atoms with Crippen LogP contribution in [0.4, 0.5) is 13.2 Å². The highest BCUT2D eigenvalue weighted by atomic mass is 19.4. The summed E-state index contributed by atoms with van der Waals surface area (Å²) in [6.07, 6.45) is -2.50. The number of nitrogens with two attached hydrogens (primary N) is 1. The van der Waals surface area contributed by atoms with E-state index in [1.807, 2.05) is 7.05 Å². The molecule has 1 aromatic rings. The second kappa shape index (κ2) is 5.93. The molecule has 0 unspecified atom stereocenters. The third-order valence-electron chi connectivity index (χ3n) is 3.68. The summed E-state index contributed by atoms with van der Waals surface area (Å²) in [5.41, 5.74) is 3.98. The summed E-state index contributed by atoms with van der Waals surface area (Å²) in [6, 6.07) is 2.97. The molecule has 116 valence electrons. The molecular formula is C14H17F3N2O2. The first-order valence-corrected chi connectivity index (χ1v) is 6.63. The van der Waals surface area contributed by atoms with E-state index < -0.39 is 17.6 Å². The molecule has 1 fully saturated rings. The molecule has 0 aromatic heterocycles. The van der Waals surface area contributed by atoms with Gasteiger partial charge in [0.25, 0.3) is 5.91 Å². The van der Waals surface area contributed by atoms with Crippen molar-refractivity contribution in [3.05, 3.63) is 29.3 Å². The smallest absolute Gasteiger partial charge is 0.416 e. The maximum atomic E-state index is 12.6. The molecule has 1 amide bonds. The van der Waals surface area contributed by atoms with Gasteiger partial charge >= 0.3 is 6.18 Å². The average Bonchev–Trinajstić information content (AvgIpc) is 2.80. The first-order valence-electron chi connectivity index (χ1n) is 6.63. The Morgan fingerprint density at radius 3 is 2.71 bits per heavy atom. The van der Waals surface area contributed by atoms with Gasteiger partial charge in [-0.1, -0.05) is 0 Å². The van der Waals surface area contributed by atoms with Gasteiger partial charge in [0, 0.05) is 6.04 Å². The Bertz CT molecular complexity index is 531. The number of alkyl halides is 3. The van der Waals surface area contributed by atoms with Crippen LogP contribution in [-0.2, 0) is 6.18 Å². The number of nitrogens with zero attached hydrogens (tertiary/aromatic N) is 1. The number of ether oxygens (including phenoxy) is 1. The third kappa shape index (κ3) is 3.66. The molecule has 0 saturated carbocycles. The van der Waals surface area contributed by atoms with E-state index in [4.69, 9.17) is 10.5 Å². The molecular weight excluding hydrogens is 285 g/mol. The number of rotatable bonds is 4. The van der Waals surface area contributed by atoms with Gasteiger partial charge in [0.15, 0.2) is 0 Å². The minimum Gasteiger partial charge on any atom is -0.491 e. The van der Waals surface area contributed by atoms with E-state index in [2.05, 4.69) is 4.90 Å². The van der Waals surface area contributed by atoms with Crippen molar-refractivity contribution in [2.45, 2.75) is 25.1 Å². The maximum Gasteiger partial charge on any atom is 0.416 e. The van der Waals surface area contributed by atoms with E-state index in [0.29, 0.717) is 6.61 Å². The summed E-state index contributed by atoms with van der Waals surface area (Å²) in [5.74, 6) is -0.841. The van der Waals surface area contributed by atoms with Gasteiger partial charge < -0.3 is 15.4 Å². The Balaban J connectivity index is 2.17. The van der Waals surface area contributed by atoms with Crippen LogP contribution >= 0.6 is 0 Å². The fraction of sp³-hybridized carbons (Fsp3) is 0.500. The Morgan fingerprint density at radius 2 is 2.19 bits per heavy atom. The number of halogens is 3. The predicted molar refractivity (Wildman–Crippen MR) is 71.1 cm³/mol. The summed E-state index contributed by atoms with van der Waals surface area (Å²) in [6.45, 7) is 1.28. The monoisotopic (exact) mass is 302 g/mol. The molecule has 21 heavy (non-hydrogen) atoms. The molecule has 7 heteroatoms. The SMILES string of the molecule is CN1CCC[C@H]1COc1ccc(C(F)(F)F)cc1C(N)=O. The van der Waals surface area contributed by atoms with Gasteiger partial charge in [0.1, 0.15) is 12.4 Å². The number of carbonyl (C=O) groups excluding carboxylic acids is 1. The Kier molecular flexibility index (Phi) is 4.41. The standard InChI is InChI=1S/C14H17F3N2O2/c1-19-6-2-3-10(19)8-21-12-5-4-9(14(15,16)17)7-11(12)13(18)20/h4-5,7,10H,2-3,6,8H2,1H3,(H2,18,20)/t10-/m0/s1. The molecule has 1 aromatic carbocycles. The maximum absolute atomic E-state index is 12.6. The first kappa shape index (κ1) is 15.6. The lowest BCUT2D eigenvalue weighted by Gasteiger charge is -2.20. The third-order valence-corrected chi connectivity index (χ3v) is 3.68. The quantitative estimate of drug-likeness (QED) is 0.928. The number of primary amides is 1. The van der Waals surface area contributed by atoms with Gasteiger partial charge in [-0.25, -0.2) is 0 Å². The summed E-state index contributed by atoms with van der Waals surface area (Å²) in [4.78, 5) is 13.4. The number of hydrogen-bond donors (Lipinski definition) is 1. The van der Waals surface area contributed by atoms with Crippen LogP contribution in [0.1, 0.15) is 28.8 Å². The summed E-state index contributed by atoms with van der Waals surface area (Å²) >= 11 is 0. The highest BCUT2D eigenvalue weighted by Crippen LogP contribution is 2.32. The first-order chi connectivity index (χ1) is 9.79. The van der Waals surface area contributed by atoms with E-state index in [0.717, 1.165) is 37.6 Å². The molecule has 0 bridgehead atoms. The minimum absolute atomic E-state index is 0.0933. The lowest BCUT2D eigenvalue weighted by molar-refractivity contribution is -0.137. The normalized spacial score (nSPS) is 19.7. The number of carbonyl (C=O) groups is 1. The van der Waals surface area contributed by atoms with Gasteiger partial charge in [0.2, 0.25) is 0 Å². The minimum atomic E-state index is -4.52. The van der Waals surface area contributed by atoms with Gasteiger partial charge in [0.05, 0.1) is 11.1 Å². The fourth-order valence-corrected chi connectivity index (χ4v) is 2.40. The predicted octanol–water partition coefficient (Wildman–Crippen LogP) is 2.28. The summed E-state index contributed by atoms with van der Waals surface area (Å²) in [7, 11) is 1.96. The molecule has 1 heterocycles. The van der Waals surface area contributed by atoms with Crippen LogP contribution in [0.15, 0.2) is 18.2 Å². The van der Waals surface area contributed by atoms with E-state index in [-0.39, 0.29) is 17.4 Å². The Hall–Kier alpha value is -1.76. The van der Waals surface area contributed by atoms with Crippen LogP contribution in [0, 0.1) is 0 Å². The van der Waals surface area contributed by atoms with Crippen LogP contribution in [0.2, 0.25) is 0 Å². The zero-order valence-corrected chi connectivity index (χ0v) is 11.6.